The summed E-state index contributed by atoms with van der Waals surface area (Å²) in [7, 11) is 0. The molecule has 1 aromatic carbocycles. The summed E-state index contributed by atoms with van der Waals surface area (Å²) in [6.45, 7) is 12.2. The van der Waals surface area contributed by atoms with Crippen LogP contribution >= 0.6 is 11.8 Å². The Morgan fingerprint density at radius 2 is 1.64 bits per heavy atom. The molecule has 0 radical (unpaired) electrons. The Kier molecular flexibility index (Phi) is 4.97. The zero-order valence-corrected chi connectivity index (χ0v) is 16.5. The first-order chi connectivity index (χ1) is 11.3. The molecule has 1 aliphatic rings. The van der Waals surface area contributed by atoms with E-state index in [0.717, 1.165) is 21.6 Å². The predicted molar refractivity (Wildman–Crippen MR) is 102 cm³/mol. The number of thioether (sulfide) groups is 1. The molecule has 6 heteroatoms. The number of nitrogens with two attached hydrogens (primary N) is 1. The topological polar surface area (TPSA) is 83.6 Å². The first kappa shape index (κ1) is 19.4. The number of hydrogen-bond acceptors (Lipinski definition) is 4. The van der Waals surface area contributed by atoms with Gasteiger partial charge in [0.1, 0.15) is 5.75 Å². The SMILES string of the molecule is CC(C)(C)c1cc(C=C2SCN(C(N)=O)C2=O)cc(C(C)(C)C)c1O. The zero-order valence-electron chi connectivity index (χ0n) is 15.6. The Morgan fingerprint density at radius 3 is 2.00 bits per heavy atom. The van der Waals surface area contributed by atoms with Crippen LogP contribution < -0.4 is 5.73 Å². The summed E-state index contributed by atoms with van der Waals surface area (Å²) in [5, 5.41) is 10.7. The van der Waals surface area contributed by atoms with E-state index in [9.17, 15) is 14.7 Å². The lowest BCUT2D eigenvalue weighted by atomic mass is 9.78. The van der Waals surface area contributed by atoms with Crippen LogP contribution in [0, 0.1) is 0 Å². The van der Waals surface area contributed by atoms with Crippen molar-refractivity contribution < 1.29 is 14.7 Å². The molecule has 3 amide bonds. The van der Waals surface area contributed by atoms with Gasteiger partial charge in [-0.3, -0.25) is 4.79 Å². The van der Waals surface area contributed by atoms with Crippen LogP contribution in [0.25, 0.3) is 6.08 Å². The monoisotopic (exact) mass is 362 g/mol. The average Bonchev–Trinajstić information content (AvgIpc) is 2.79. The van der Waals surface area contributed by atoms with Crippen molar-refractivity contribution in [3.63, 3.8) is 0 Å². The van der Waals surface area contributed by atoms with Gasteiger partial charge in [0.15, 0.2) is 0 Å². The lowest BCUT2D eigenvalue weighted by molar-refractivity contribution is -0.122. The van der Waals surface area contributed by atoms with Crippen molar-refractivity contribution in [3.8, 4) is 5.75 Å². The molecule has 1 aliphatic heterocycles. The molecule has 25 heavy (non-hydrogen) atoms. The van der Waals surface area contributed by atoms with Crippen LogP contribution in [0.5, 0.6) is 5.75 Å². The molecule has 0 aromatic heterocycles. The fraction of sp³-hybridized carbons (Fsp3) is 0.474. The van der Waals surface area contributed by atoms with Gasteiger partial charge in [0.05, 0.1) is 10.8 Å². The van der Waals surface area contributed by atoms with Crippen molar-refractivity contribution in [2.75, 3.05) is 5.88 Å². The minimum atomic E-state index is -0.739. The number of primary amides is 1. The predicted octanol–water partition coefficient (Wildman–Crippen LogP) is 3.94. The van der Waals surface area contributed by atoms with E-state index in [1.807, 2.05) is 53.7 Å². The van der Waals surface area contributed by atoms with E-state index in [4.69, 9.17) is 5.73 Å². The fourth-order valence-electron chi connectivity index (χ4n) is 2.69. The number of benzene rings is 1. The Labute approximate surface area is 153 Å². The van der Waals surface area contributed by atoms with E-state index >= 15 is 0 Å². The summed E-state index contributed by atoms with van der Waals surface area (Å²) in [6.07, 6.45) is 1.76. The summed E-state index contributed by atoms with van der Waals surface area (Å²) >= 11 is 1.29. The zero-order chi connectivity index (χ0) is 19.2. The van der Waals surface area contributed by atoms with E-state index < -0.39 is 6.03 Å². The van der Waals surface area contributed by atoms with Crippen molar-refractivity contribution in [3.05, 3.63) is 33.7 Å². The largest absolute Gasteiger partial charge is 0.507 e. The number of imide groups is 1. The molecule has 5 nitrogen and oxygen atoms in total. The second-order valence-electron chi connectivity index (χ2n) is 8.32. The molecule has 1 heterocycles. The fourth-order valence-corrected chi connectivity index (χ4v) is 3.66. The Morgan fingerprint density at radius 1 is 1.16 bits per heavy atom. The molecule has 1 saturated heterocycles. The minimum Gasteiger partial charge on any atom is -0.507 e. The van der Waals surface area contributed by atoms with Gasteiger partial charge in [-0.05, 0) is 34.6 Å². The normalized spacial score (nSPS) is 17.4. The summed E-state index contributed by atoms with van der Waals surface area (Å²) in [4.78, 5) is 25.0. The van der Waals surface area contributed by atoms with Gasteiger partial charge >= 0.3 is 6.03 Å². The second kappa shape index (κ2) is 6.41. The first-order valence-electron chi connectivity index (χ1n) is 8.16. The molecule has 0 aliphatic carbocycles. The van der Waals surface area contributed by atoms with Gasteiger partial charge in [0, 0.05) is 11.1 Å². The summed E-state index contributed by atoms with van der Waals surface area (Å²) < 4.78 is 0. The third-order valence-corrected chi connectivity index (χ3v) is 5.11. The van der Waals surface area contributed by atoms with E-state index in [1.165, 1.54) is 11.8 Å². The van der Waals surface area contributed by atoms with Crippen molar-refractivity contribution >= 4 is 29.8 Å². The lowest BCUT2D eigenvalue weighted by Gasteiger charge is -2.28. The maximum Gasteiger partial charge on any atom is 0.322 e. The smallest absolute Gasteiger partial charge is 0.322 e. The van der Waals surface area contributed by atoms with Crippen LogP contribution in [0.1, 0.15) is 58.2 Å². The molecular formula is C19H26N2O3S. The molecule has 0 atom stereocenters. The van der Waals surface area contributed by atoms with E-state index in [0.29, 0.717) is 10.7 Å². The average molecular weight is 362 g/mol. The standard InChI is InChI=1S/C19H26N2O3S/c1-18(2,3)12-7-11(8-13(15(12)22)19(4,5)6)9-14-16(23)21(10-25-14)17(20)24/h7-9,22H,10H2,1-6H3,(H2,20,24). The number of phenolic OH excluding ortho intramolecular Hbond substituents is 1. The van der Waals surface area contributed by atoms with Crippen molar-refractivity contribution in [1.82, 2.24) is 4.90 Å². The lowest BCUT2D eigenvalue weighted by Crippen LogP contribution is -2.36. The Hall–Kier alpha value is -1.95. The highest BCUT2D eigenvalue weighted by Gasteiger charge is 2.31. The van der Waals surface area contributed by atoms with Crippen LogP contribution in [0.15, 0.2) is 17.0 Å². The summed E-state index contributed by atoms with van der Waals surface area (Å²) in [5.74, 6) is 0.155. The van der Waals surface area contributed by atoms with Gasteiger partial charge in [0.2, 0.25) is 0 Å². The van der Waals surface area contributed by atoms with Gasteiger partial charge in [-0.25, -0.2) is 9.69 Å². The number of urea groups is 1. The molecule has 0 saturated carbocycles. The molecule has 0 spiro atoms. The van der Waals surface area contributed by atoms with Gasteiger partial charge in [-0.1, -0.05) is 53.3 Å². The quantitative estimate of drug-likeness (QED) is 0.741. The summed E-state index contributed by atoms with van der Waals surface area (Å²) in [5.41, 5.74) is 7.21. The first-order valence-corrected chi connectivity index (χ1v) is 9.14. The van der Waals surface area contributed by atoms with E-state index in [2.05, 4.69) is 0 Å². The van der Waals surface area contributed by atoms with Gasteiger partial charge < -0.3 is 10.8 Å². The van der Waals surface area contributed by atoms with E-state index in [1.54, 1.807) is 6.08 Å². The highest BCUT2D eigenvalue weighted by atomic mass is 32.2. The van der Waals surface area contributed by atoms with Gasteiger partial charge in [-0.2, -0.15) is 0 Å². The number of nitrogens with zero attached hydrogens (tertiary/aromatic N) is 1. The number of aromatic hydroxyl groups is 1. The molecule has 1 aromatic rings. The highest BCUT2D eigenvalue weighted by Crippen LogP contribution is 2.41. The maximum atomic E-state index is 12.3. The third-order valence-electron chi connectivity index (χ3n) is 4.12. The Bertz CT molecular complexity index is 720. The van der Waals surface area contributed by atoms with E-state index in [-0.39, 0.29) is 22.6 Å². The maximum absolute atomic E-state index is 12.3. The van der Waals surface area contributed by atoms with Crippen LogP contribution in [0.3, 0.4) is 0 Å². The molecule has 2 rings (SSSR count). The molecule has 3 N–H and O–H groups in total. The highest BCUT2D eigenvalue weighted by molar-refractivity contribution is 8.04. The van der Waals surface area contributed by atoms with Crippen LogP contribution in [0.2, 0.25) is 0 Å². The molecule has 0 unspecified atom stereocenters. The Balaban J connectivity index is 2.58. The van der Waals surface area contributed by atoms with Gasteiger partial charge in [-0.15, -0.1) is 0 Å². The van der Waals surface area contributed by atoms with Crippen LogP contribution in [-0.2, 0) is 15.6 Å². The number of carbonyl (C=O) groups is 2. The second-order valence-corrected chi connectivity index (χ2v) is 9.30. The number of hydrogen-bond donors (Lipinski definition) is 2. The summed E-state index contributed by atoms with van der Waals surface area (Å²) in [6, 6.07) is 3.06. The van der Waals surface area contributed by atoms with Crippen molar-refractivity contribution in [2.24, 2.45) is 5.73 Å². The molecular weight excluding hydrogens is 336 g/mol. The molecule has 136 valence electrons. The minimum absolute atomic E-state index is 0.232. The third kappa shape index (κ3) is 4.00. The number of amides is 3. The van der Waals surface area contributed by atoms with Crippen molar-refractivity contribution in [2.45, 2.75) is 52.4 Å². The van der Waals surface area contributed by atoms with Gasteiger partial charge in [0.25, 0.3) is 5.91 Å². The van der Waals surface area contributed by atoms with Crippen LogP contribution in [-0.4, -0.2) is 27.8 Å². The molecule has 0 bridgehead atoms. The number of phenols is 1. The number of rotatable bonds is 1. The van der Waals surface area contributed by atoms with Crippen LogP contribution in [0.4, 0.5) is 4.79 Å². The molecule has 1 fully saturated rings. The van der Waals surface area contributed by atoms with Crippen molar-refractivity contribution in [1.29, 1.82) is 0 Å². The number of carbonyl (C=O) groups excluding carboxylic acids is 2.